The van der Waals surface area contributed by atoms with E-state index in [-0.39, 0.29) is 18.4 Å². The van der Waals surface area contributed by atoms with E-state index in [1.54, 1.807) is 24.8 Å². The fraction of sp³-hybridized carbons (Fsp3) is 0.538. The van der Waals surface area contributed by atoms with E-state index in [2.05, 4.69) is 15.3 Å². The van der Waals surface area contributed by atoms with E-state index in [1.165, 1.54) is 0 Å². The van der Waals surface area contributed by atoms with E-state index in [0.717, 1.165) is 12.8 Å². The molecule has 2 fully saturated rings. The Labute approximate surface area is 121 Å². The van der Waals surface area contributed by atoms with Gasteiger partial charge in [-0.3, -0.25) is 14.9 Å². The average Bonchev–Trinajstić information content (AvgIpc) is 3.17. The highest BCUT2D eigenvalue weighted by Crippen LogP contribution is 2.39. The van der Waals surface area contributed by atoms with Gasteiger partial charge in [-0.15, -0.1) is 0 Å². The van der Waals surface area contributed by atoms with E-state index >= 15 is 0 Å². The maximum Gasteiger partial charge on any atom is 0.251 e. The Morgan fingerprint density at radius 1 is 1.35 bits per heavy atom. The molecule has 1 N–H and O–H groups in total. The van der Waals surface area contributed by atoms with Crippen molar-refractivity contribution in [3.63, 3.8) is 0 Å². The van der Waals surface area contributed by atoms with Gasteiger partial charge in [0, 0.05) is 12.0 Å². The Kier molecular flexibility index (Phi) is 2.93. The van der Waals surface area contributed by atoms with Crippen molar-refractivity contribution in [1.82, 2.24) is 15.3 Å². The minimum Gasteiger partial charge on any atom is -0.333 e. The number of piperazine rings is 1. The first-order valence-corrected chi connectivity index (χ1v) is 6.92. The Bertz CT molecular complexity index is 598. The molecule has 1 aliphatic heterocycles. The molecule has 6 nitrogen and oxygen atoms in total. The summed E-state index contributed by atoms with van der Waals surface area (Å²) >= 11 is 6.04. The van der Waals surface area contributed by atoms with Gasteiger partial charge in [-0.05, 0) is 26.7 Å². The zero-order valence-electron chi connectivity index (χ0n) is 11.3. The van der Waals surface area contributed by atoms with Gasteiger partial charge in [-0.25, -0.2) is 9.97 Å². The molecule has 20 heavy (non-hydrogen) atoms. The number of amides is 2. The number of anilines is 1. The smallest absolute Gasteiger partial charge is 0.251 e. The van der Waals surface area contributed by atoms with E-state index in [4.69, 9.17) is 11.6 Å². The van der Waals surface area contributed by atoms with Crippen LogP contribution in [0.5, 0.6) is 0 Å². The predicted octanol–water partition coefficient (Wildman–Crippen LogP) is 1.25. The molecule has 0 atom stereocenters. The molecule has 2 heterocycles. The lowest BCUT2D eigenvalue weighted by molar-refractivity contribution is -0.135. The summed E-state index contributed by atoms with van der Waals surface area (Å²) in [6.45, 7) is 3.58. The third kappa shape index (κ3) is 2.24. The number of carbonyl (C=O) groups is 2. The standard InChI is InChI=1S/C13H15ClN4O2/c1-13(2)12(20)17-10(19)6-18(13)9-5-8(14)15-11(16-9)7-3-4-7/h5,7H,3-4,6H2,1-2H3,(H,17,19,20). The summed E-state index contributed by atoms with van der Waals surface area (Å²) in [6.07, 6.45) is 2.12. The quantitative estimate of drug-likeness (QED) is 0.656. The first-order chi connectivity index (χ1) is 9.38. The van der Waals surface area contributed by atoms with Gasteiger partial charge in [0.05, 0.1) is 6.54 Å². The molecule has 0 radical (unpaired) electrons. The number of rotatable bonds is 2. The summed E-state index contributed by atoms with van der Waals surface area (Å²) < 4.78 is 0. The minimum absolute atomic E-state index is 0.0796. The van der Waals surface area contributed by atoms with Crippen molar-refractivity contribution in [3.05, 3.63) is 17.0 Å². The molecule has 0 aromatic carbocycles. The fourth-order valence-electron chi connectivity index (χ4n) is 2.24. The molecule has 0 bridgehead atoms. The van der Waals surface area contributed by atoms with Crippen LogP contribution in [0.25, 0.3) is 0 Å². The van der Waals surface area contributed by atoms with E-state index in [0.29, 0.717) is 22.7 Å². The summed E-state index contributed by atoms with van der Waals surface area (Å²) in [6, 6.07) is 1.60. The van der Waals surface area contributed by atoms with Crippen molar-refractivity contribution in [2.45, 2.75) is 38.1 Å². The Balaban J connectivity index is 2.01. The summed E-state index contributed by atoms with van der Waals surface area (Å²) in [5.41, 5.74) is -0.855. The van der Waals surface area contributed by atoms with Crippen molar-refractivity contribution in [2.24, 2.45) is 0 Å². The minimum atomic E-state index is -0.855. The maximum absolute atomic E-state index is 12.0. The molecule has 106 valence electrons. The van der Waals surface area contributed by atoms with Crippen LogP contribution in [-0.2, 0) is 9.59 Å². The summed E-state index contributed by atoms with van der Waals surface area (Å²) in [7, 11) is 0. The van der Waals surface area contributed by atoms with Crippen LogP contribution >= 0.6 is 11.6 Å². The van der Waals surface area contributed by atoms with Crippen molar-refractivity contribution in [1.29, 1.82) is 0 Å². The molecule has 2 amide bonds. The van der Waals surface area contributed by atoms with Gasteiger partial charge in [0.15, 0.2) is 0 Å². The Morgan fingerprint density at radius 2 is 2.05 bits per heavy atom. The van der Waals surface area contributed by atoms with Crippen molar-refractivity contribution in [3.8, 4) is 0 Å². The molecular formula is C13H15ClN4O2. The van der Waals surface area contributed by atoms with Crippen LogP contribution in [0, 0.1) is 0 Å². The second-order valence-corrected chi connectivity index (χ2v) is 6.09. The highest BCUT2D eigenvalue weighted by atomic mass is 35.5. The molecule has 0 unspecified atom stereocenters. The number of nitrogens with one attached hydrogen (secondary N) is 1. The molecule has 1 saturated heterocycles. The molecule has 0 spiro atoms. The van der Waals surface area contributed by atoms with Gasteiger partial charge in [0.1, 0.15) is 22.3 Å². The van der Waals surface area contributed by atoms with Crippen molar-refractivity contribution < 1.29 is 9.59 Å². The third-order valence-corrected chi connectivity index (χ3v) is 3.90. The van der Waals surface area contributed by atoms with Crippen LogP contribution in [0.4, 0.5) is 5.82 Å². The lowest BCUT2D eigenvalue weighted by Gasteiger charge is -2.41. The molecule has 1 aromatic rings. The highest BCUT2D eigenvalue weighted by Gasteiger charge is 2.42. The van der Waals surface area contributed by atoms with Gasteiger partial charge in [-0.1, -0.05) is 11.6 Å². The molecule has 1 aliphatic carbocycles. The van der Waals surface area contributed by atoms with Gasteiger partial charge < -0.3 is 4.90 Å². The number of carbonyl (C=O) groups excluding carboxylic acids is 2. The predicted molar refractivity (Wildman–Crippen MR) is 73.6 cm³/mol. The number of nitrogens with zero attached hydrogens (tertiary/aromatic N) is 3. The monoisotopic (exact) mass is 294 g/mol. The van der Waals surface area contributed by atoms with Crippen LogP contribution in [0.15, 0.2) is 6.07 Å². The SMILES string of the molecule is CC1(C)C(=O)NC(=O)CN1c1cc(Cl)nc(C2CC2)n1. The largest absolute Gasteiger partial charge is 0.333 e. The van der Waals surface area contributed by atoms with Gasteiger partial charge in [-0.2, -0.15) is 0 Å². The molecule has 3 rings (SSSR count). The summed E-state index contributed by atoms with van der Waals surface area (Å²) in [5, 5.41) is 2.68. The highest BCUT2D eigenvalue weighted by molar-refractivity contribution is 6.29. The number of halogens is 1. The normalized spacial score (nSPS) is 21.9. The second-order valence-electron chi connectivity index (χ2n) is 5.70. The zero-order chi connectivity index (χ0) is 14.5. The molecule has 1 saturated carbocycles. The van der Waals surface area contributed by atoms with E-state index < -0.39 is 5.54 Å². The lowest BCUT2D eigenvalue weighted by Crippen LogP contribution is -2.64. The summed E-state index contributed by atoms with van der Waals surface area (Å²) in [5.74, 6) is 0.903. The van der Waals surface area contributed by atoms with Crippen LogP contribution < -0.4 is 10.2 Å². The Hall–Kier alpha value is -1.69. The van der Waals surface area contributed by atoms with Gasteiger partial charge in [0.2, 0.25) is 5.91 Å². The van der Waals surface area contributed by atoms with Crippen molar-refractivity contribution >= 4 is 29.2 Å². The zero-order valence-corrected chi connectivity index (χ0v) is 12.1. The van der Waals surface area contributed by atoms with Gasteiger partial charge >= 0.3 is 0 Å². The van der Waals surface area contributed by atoms with E-state index in [9.17, 15) is 9.59 Å². The van der Waals surface area contributed by atoms with Crippen LogP contribution in [0.1, 0.15) is 38.4 Å². The van der Waals surface area contributed by atoms with Crippen LogP contribution in [0.2, 0.25) is 5.15 Å². The maximum atomic E-state index is 12.0. The van der Waals surface area contributed by atoms with Gasteiger partial charge in [0.25, 0.3) is 5.91 Å². The molecular weight excluding hydrogens is 280 g/mol. The number of aromatic nitrogens is 2. The topological polar surface area (TPSA) is 75.2 Å². The fourth-order valence-corrected chi connectivity index (χ4v) is 2.42. The van der Waals surface area contributed by atoms with Crippen LogP contribution in [0.3, 0.4) is 0 Å². The number of imide groups is 1. The lowest BCUT2D eigenvalue weighted by atomic mass is 9.99. The second kappa shape index (κ2) is 4.41. The number of hydrogen-bond acceptors (Lipinski definition) is 5. The van der Waals surface area contributed by atoms with Crippen molar-refractivity contribution in [2.75, 3.05) is 11.4 Å². The third-order valence-electron chi connectivity index (χ3n) is 3.70. The van der Waals surface area contributed by atoms with Crippen LogP contribution in [-0.4, -0.2) is 33.9 Å². The Morgan fingerprint density at radius 3 is 2.70 bits per heavy atom. The average molecular weight is 295 g/mol. The molecule has 7 heteroatoms. The summed E-state index contributed by atoms with van der Waals surface area (Å²) in [4.78, 5) is 34.0. The first-order valence-electron chi connectivity index (χ1n) is 6.54. The first kappa shape index (κ1) is 13.3. The molecule has 1 aromatic heterocycles. The molecule has 2 aliphatic rings. The van der Waals surface area contributed by atoms with E-state index in [1.807, 2.05) is 0 Å². The number of hydrogen-bond donors (Lipinski definition) is 1.